The molecule has 1 atom stereocenters. The number of hydrogen-bond acceptors (Lipinski definition) is 5. The molecule has 1 unspecified atom stereocenters. The molecule has 26 heavy (non-hydrogen) atoms. The van der Waals surface area contributed by atoms with E-state index in [9.17, 15) is 9.90 Å². The summed E-state index contributed by atoms with van der Waals surface area (Å²) in [5, 5.41) is 21.6. The van der Waals surface area contributed by atoms with Crippen LogP contribution in [0.25, 0.3) is 0 Å². The number of benzene rings is 2. The standard InChI is InChI=1S/C20H22N2O4/c1-12(2)26-17-10-9-16(13(3)19(17)25-4)18(20(23)24)22-15-7-5-14(11-21)6-8-15/h5-10,12,18,22H,1-4H3,(H,23,24). The third kappa shape index (κ3) is 4.25. The van der Waals surface area contributed by atoms with Crippen LogP contribution in [0, 0.1) is 18.3 Å². The summed E-state index contributed by atoms with van der Waals surface area (Å²) in [7, 11) is 1.53. The number of hydrogen-bond donors (Lipinski definition) is 2. The minimum absolute atomic E-state index is 0.0267. The third-order valence-electron chi connectivity index (χ3n) is 3.86. The zero-order chi connectivity index (χ0) is 19.3. The molecule has 0 aliphatic heterocycles. The van der Waals surface area contributed by atoms with Gasteiger partial charge in [0.25, 0.3) is 0 Å². The highest BCUT2D eigenvalue weighted by Crippen LogP contribution is 2.37. The fraction of sp³-hybridized carbons (Fsp3) is 0.300. The molecule has 0 radical (unpaired) electrons. The molecule has 0 amide bonds. The van der Waals surface area contributed by atoms with Crippen LogP contribution in [0.2, 0.25) is 0 Å². The minimum atomic E-state index is -1.02. The van der Waals surface area contributed by atoms with E-state index in [-0.39, 0.29) is 6.10 Å². The van der Waals surface area contributed by atoms with Crippen molar-refractivity contribution in [2.24, 2.45) is 0 Å². The molecule has 2 aromatic carbocycles. The quantitative estimate of drug-likeness (QED) is 0.783. The van der Waals surface area contributed by atoms with Gasteiger partial charge in [-0.3, -0.25) is 0 Å². The molecule has 2 aromatic rings. The molecule has 0 fully saturated rings. The Kier molecular flexibility index (Phi) is 6.07. The van der Waals surface area contributed by atoms with E-state index in [1.807, 2.05) is 19.9 Å². The summed E-state index contributed by atoms with van der Waals surface area (Å²) in [6.45, 7) is 5.63. The van der Waals surface area contributed by atoms with Crippen molar-refractivity contribution in [1.29, 1.82) is 5.26 Å². The van der Waals surface area contributed by atoms with Gasteiger partial charge in [0.15, 0.2) is 17.5 Å². The average Bonchev–Trinajstić information content (AvgIpc) is 2.60. The van der Waals surface area contributed by atoms with Crippen molar-refractivity contribution < 1.29 is 19.4 Å². The maximum Gasteiger partial charge on any atom is 0.330 e. The molecule has 0 spiro atoms. The maximum absolute atomic E-state index is 11.9. The fourth-order valence-electron chi connectivity index (χ4n) is 2.68. The molecule has 6 heteroatoms. The third-order valence-corrected chi connectivity index (χ3v) is 3.86. The maximum atomic E-state index is 11.9. The van der Waals surface area contributed by atoms with E-state index in [1.165, 1.54) is 7.11 Å². The number of rotatable bonds is 7. The second kappa shape index (κ2) is 8.26. The number of nitrogens with one attached hydrogen (secondary N) is 1. The first kappa shape index (κ1) is 19.1. The number of carbonyl (C=O) groups is 1. The molecule has 2 rings (SSSR count). The summed E-state index contributed by atoms with van der Waals surface area (Å²) < 4.78 is 11.2. The molecular weight excluding hydrogens is 332 g/mol. The van der Waals surface area contributed by atoms with Crippen LogP contribution < -0.4 is 14.8 Å². The van der Waals surface area contributed by atoms with Gasteiger partial charge in [-0.05, 0) is 56.7 Å². The summed E-state index contributed by atoms with van der Waals surface area (Å²) in [4.78, 5) is 11.9. The smallest absolute Gasteiger partial charge is 0.330 e. The Hall–Kier alpha value is -3.20. The Balaban J connectivity index is 2.40. The summed E-state index contributed by atoms with van der Waals surface area (Å²) in [5.74, 6) is 0.0763. The van der Waals surface area contributed by atoms with Crippen LogP contribution in [0.5, 0.6) is 11.5 Å². The number of nitriles is 1. The first-order chi connectivity index (χ1) is 12.4. The minimum Gasteiger partial charge on any atom is -0.493 e. The van der Waals surface area contributed by atoms with Crippen molar-refractivity contribution in [2.75, 3.05) is 12.4 Å². The topological polar surface area (TPSA) is 91.6 Å². The molecule has 2 N–H and O–H groups in total. The first-order valence-electron chi connectivity index (χ1n) is 8.21. The Labute approximate surface area is 153 Å². The van der Waals surface area contributed by atoms with E-state index in [4.69, 9.17) is 14.7 Å². The lowest BCUT2D eigenvalue weighted by atomic mass is 9.99. The van der Waals surface area contributed by atoms with Crippen LogP contribution in [0.1, 0.15) is 36.6 Å². The van der Waals surface area contributed by atoms with Gasteiger partial charge in [-0.2, -0.15) is 5.26 Å². The van der Waals surface area contributed by atoms with Gasteiger partial charge in [-0.25, -0.2) is 4.79 Å². The second-order valence-electron chi connectivity index (χ2n) is 6.08. The Morgan fingerprint density at radius 3 is 2.35 bits per heavy atom. The summed E-state index contributed by atoms with van der Waals surface area (Å²) in [6.07, 6.45) is -0.0267. The van der Waals surface area contributed by atoms with Gasteiger partial charge >= 0.3 is 5.97 Å². The molecule has 0 bridgehead atoms. The van der Waals surface area contributed by atoms with Crippen LogP contribution in [-0.4, -0.2) is 24.3 Å². The van der Waals surface area contributed by atoms with Crippen LogP contribution in [0.3, 0.4) is 0 Å². The lowest BCUT2D eigenvalue weighted by molar-refractivity contribution is -0.138. The second-order valence-corrected chi connectivity index (χ2v) is 6.08. The van der Waals surface area contributed by atoms with E-state index in [0.29, 0.717) is 33.9 Å². The average molecular weight is 354 g/mol. The molecule has 0 aliphatic rings. The highest BCUT2D eigenvalue weighted by molar-refractivity contribution is 5.80. The number of aliphatic carboxylic acids is 1. The predicted molar refractivity (Wildman–Crippen MR) is 98.7 cm³/mol. The van der Waals surface area contributed by atoms with Crippen LogP contribution >= 0.6 is 0 Å². The van der Waals surface area contributed by atoms with Crippen molar-refractivity contribution in [3.8, 4) is 17.6 Å². The zero-order valence-electron chi connectivity index (χ0n) is 15.2. The number of methoxy groups -OCH3 is 1. The molecule has 0 saturated heterocycles. The Morgan fingerprint density at radius 1 is 1.19 bits per heavy atom. The lowest BCUT2D eigenvalue weighted by Gasteiger charge is -2.22. The highest BCUT2D eigenvalue weighted by Gasteiger charge is 2.25. The molecule has 0 aliphatic carbocycles. The van der Waals surface area contributed by atoms with Gasteiger partial charge in [0, 0.05) is 11.3 Å². The normalized spacial score (nSPS) is 11.5. The number of carboxylic acid groups (broad SMARTS) is 1. The van der Waals surface area contributed by atoms with E-state index >= 15 is 0 Å². The van der Waals surface area contributed by atoms with Gasteiger partial charge in [0.05, 0.1) is 24.8 Å². The fourth-order valence-corrected chi connectivity index (χ4v) is 2.68. The van der Waals surface area contributed by atoms with Crippen LogP contribution in [-0.2, 0) is 4.79 Å². The summed E-state index contributed by atoms with van der Waals surface area (Å²) in [5.41, 5.74) is 2.39. The molecule has 0 aromatic heterocycles. The van der Waals surface area contributed by atoms with Gasteiger partial charge < -0.3 is 19.9 Å². The van der Waals surface area contributed by atoms with Gasteiger partial charge in [-0.1, -0.05) is 6.07 Å². The molecule has 6 nitrogen and oxygen atoms in total. The van der Waals surface area contributed by atoms with Crippen LogP contribution in [0.15, 0.2) is 36.4 Å². The number of carboxylic acids is 1. The monoisotopic (exact) mass is 354 g/mol. The first-order valence-corrected chi connectivity index (χ1v) is 8.21. The van der Waals surface area contributed by atoms with Crippen molar-refractivity contribution in [3.63, 3.8) is 0 Å². The van der Waals surface area contributed by atoms with Crippen molar-refractivity contribution in [2.45, 2.75) is 32.9 Å². The van der Waals surface area contributed by atoms with E-state index in [1.54, 1.807) is 43.3 Å². The van der Waals surface area contributed by atoms with Crippen molar-refractivity contribution in [3.05, 3.63) is 53.1 Å². The molecule has 0 saturated carbocycles. The number of nitrogens with zero attached hydrogens (tertiary/aromatic N) is 1. The van der Waals surface area contributed by atoms with Gasteiger partial charge in [-0.15, -0.1) is 0 Å². The largest absolute Gasteiger partial charge is 0.493 e. The molecular formula is C20H22N2O4. The lowest BCUT2D eigenvalue weighted by Crippen LogP contribution is -2.22. The van der Waals surface area contributed by atoms with E-state index in [2.05, 4.69) is 5.32 Å². The zero-order valence-corrected chi connectivity index (χ0v) is 15.2. The van der Waals surface area contributed by atoms with Crippen molar-refractivity contribution >= 4 is 11.7 Å². The Bertz CT molecular complexity index is 823. The van der Waals surface area contributed by atoms with Crippen LogP contribution in [0.4, 0.5) is 5.69 Å². The number of ether oxygens (including phenoxy) is 2. The Morgan fingerprint density at radius 2 is 1.85 bits per heavy atom. The summed E-state index contributed by atoms with van der Waals surface area (Å²) >= 11 is 0. The highest BCUT2D eigenvalue weighted by atomic mass is 16.5. The van der Waals surface area contributed by atoms with E-state index < -0.39 is 12.0 Å². The van der Waals surface area contributed by atoms with Gasteiger partial charge in [0.2, 0.25) is 0 Å². The molecule has 136 valence electrons. The molecule has 0 heterocycles. The summed E-state index contributed by atoms with van der Waals surface area (Å²) in [6, 6.07) is 11.1. The SMILES string of the molecule is COc1c(OC(C)C)ccc(C(Nc2ccc(C#N)cc2)C(=O)O)c1C. The van der Waals surface area contributed by atoms with E-state index in [0.717, 1.165) is 0 Å². The number of anilines is 1. The van der Waals surface area contributed by atoms with Crippen molar-refractivity contribution in [1.82, 2.24) is 0 Å². The van der Waals surface area contributed by atoms with Gasteiger partial charge in [0.1, 0.15) is 0 Å². The predicted octanol–water partition coefficient (Wildman–Crippen LogP) is 3.90.